The van der Waals surface area contributed by atoms with Crippen molar-refractivity contribution in [1.82, 2.24) is 20.0 Å². The Kier molecular flexibility index (Phi) is 6.02. The summed E-state index contributed by atoms with van der Waals surface area (Å²) in [5.41, 5.74) is 1.15. The SMILES string of the molecule is CCNC(c1c(OC)cnn1CCN(C)C)C1CCOC1. The van der Waals surface area contributed by atoms with E-state index in [1.807, 2.05) is 6.20 Å². The van der Waals surface area contributed by atoms with Crippen LogP contribution in [-0.4, -0.2) is 62.2 Å². The normalized spacial score (nSPS) is 20.1. The van der Waals surface area contributed by atoms with Gasteiger partial charge in [-0.3, -0.25) is 4.68 Å². The third-order valence-electron chi connectivity index (χ3n) is 3.98. The first kappa shape index (κ1) is 16.3. The predicted octanol–water partition coefficient (Wildman–Crippen LogP) is 1.14. The van der Waals surface area contributed by atoms with Crippen LogP contribution in [0.4, 0.5) is 0 Å². The van der Waals surface area contributed by atoms with Crippen LogP contribution in [0, 0.1) is 5.92 Å². The Bertz CT molecular complexity index is 427. The summed E-state index contributed by atoms with van der Waals surface area (Å²) in [6, 6.07) is 0.233. The number of nitrogens with zero attached hydrogens (tertiary/aromatic N) is 3. The molecule has 0 aromatic carbocycles. The van der Waals surface area contributed by atoms with Crippen LogP contribution in [-0.2, 0) is 11.3 Å². The molecule has 0 saturated carbocycles. The van der Waals surface area contributed by atoms with Gasteiger partial charge < -0.3 is 19.7 Å². The number of likely N-dealkylation sites (N-methyl/N-ethyl adjacent to an activating group) is 1. The molecular weight excluding hydrogens is 268 g/mol. The van der Waals surface area contributed by atoms with Gasteiger partial charge in [-0.05, 0) is 27.1 Å². The first-order chi connectivity index (χ1) is 10.2. The number of rotatable bonds is 8. The summed E-state index contributed by atoms with van der Waals surface area (Å²) in [6.45, 7) is 6.53. The highest BCUT2D eigenvalue weighted by atomic mass is 16.5. The molecule has 2 rings (SSSR count). The summed E-state index contributed by atoms with van der Waals surface area (Å²) in [4.78, 5) is 2.17. The van der Waals surface area contributed by atoms with E-state index in [2.05, 4.69) is 41.0 Å². The third-order valence-corrected chi connectivity index (χ3v) is 3.98. The van der Waals surface area contributed by atoms with E-state index in [4.69, 9.17) is 9.47 Å². The lowest BCUT2D eigenvalue weighted by Crippen LogP contribution is -2.32. The van der Waals surface area contributed by atoms with Crippen LogP contribution in [0.3, 0.4) is 0 Å². The van der Waals surface area contributed by atoms with Crippen molar-refractivity contribution < 1.29 is 9.47 Å². The maximum atomic E-state index is 5.58. The predicted molar refractivity (Wildman–Crippen MR) is 82.7 cm³/mol. The molecule has 1 aromatic heterocycles. The summed E-state index contributed by atoms with van der Waals surface area (Å²) in [5, 5.41) is 8.11. The molecule has 2 heterocycles. The largest absolute Gasteiger partial charge is 0.493 e. The van der Waals surface area contributed by atoms with E-state index in [-0.39, 0.29) is 6.04 Å². The highest BCUT2D eigenvalue weighted by molar-refractivity contribution is 5.29. The first-order valence-corrected chi connectivity index (χ1v) is 7.72. The van der Waals surface area contributed by atoms with Crippen LogP contribution < -0.4 is 10.1 Å². The molecule has 120 valence electrons. The monoisotopic (exact) mass is 296 g/mol. The smallest absolute Gasteiger partial charge is 0.161 e. The average Bonchev–Trinajstić information content (AvgIpc) is 3.11. The van der Waals surface area contributed by atoms with E-state index in [1.54, 1.807) is 7.11 Å². The van der Waals surface area contributed by atoms with Gasteiger partial charge in [-0.25, -0.2) is 0 Å². The van der Waals surface area contributed by atoms with Crippen molar-refractivity contribution in [3.8, 4) is 5.75 Å². The minimum atomic E-state index is 0.233. The quantitative estimate of drug-likeness (QED) is 0.779. The van der Waals surface area contributed by atoms with E-state index in [0.29, 0.717) is 5.92 Å². The Morgan fingerprint density at radius 3 is 2.95 bits per heavy atom. The molecule has 6 nitrogen and oxygen atoms in total. The Morgan fingerprint density at radius 1 is 1.57 bits per heavy atom. The molecule has 1 aliphatic rings. The van der Waals surface area contributed by atoms with Crippen LogP contribution in [0.15, 0.2) is 6.20 Å². The van der Waals surface area contributed by atoms with Gasteiger partial charge in [0.1, 0.15) is 0 Å². The Balaban J connectivity index is 2.25. The number of hydrogen-bond acceptors (Lipinski definition) is 5. The van der Waals surface area contributed by atoms with Crippen molar-refractivity contribution in [2.75, 3.05) is 47.5 Å². The van der Waals surface area contributed by atoms with Crippen molar-refractivity contribution in [1.29, 1.82) is 0 Å². The molecule has 1 aliphatic heterocycles. The summed E-state index contributed by atoms with van der Waals surface area (Å²) >= 11 is 0. The van der Waals surface area contributed by atoms with Crippen molar-refractivity contribution in [2.45, 2.75) is 25.9 Å². The van der Waals surface area contributed by atoms with Crippen LogP contribution in [0.2, 0.25) is 0 Å². The molecule has 1 saturated heterocycles. The molecule has 0 radical (unpaired) electrons. The molecule has 21 heavy (non-hydrogen) atoms. The van der Waals surface area contributed by atoms with Gasteiger partial charge in [-0.2, -0.15) is 5.10 Å². The second-order valence-corrected chi connectivity index (χ2v) is 5.78. The average molecular weight is 296 g/mol. The second-order valence-electron chi connectivity index (χ2n) is 5.78. The molecule has 2 atom stereocenters. The lowest BCUT2D eigenvalue weighted by Gasteiger charge is -2.25. The third kappa shape index (κ3) is 3.96. The van der Waals surface area contributed by atoms with Gasteiger partial charge in [0.05, 0.1) is 38.2 Å². The van der Waals surface area contributed by atoms with E-state index in [9.17, 15) is 0 Å². The van der Waals surface area contributed by atoms with Crippen molar-refractivity contribution in [3.05, 3.63) is 11.9 Å². The zero-order valence-electron chi connectivity index (χ0n) is 13.6. The number of ether oxygens (including phenoxy) is 2. The molecule has 0 spiro atoms. The van der Waals surface area contributed by atoms with Gasteiger partial charge in [0.2, 0.25) is 0 Å². The van der Waals surface area contributed by atoms with Crippen LogP contribution in [0.5, 0.6) is 5.75 Å². The van der Waals surface area contributed by atoms with Crippen LogP contribution in [0.1, 0.15) is 25.1 Å². The maximum Gasteiger partial charge on any atom is 0.161 e. The lowest BCUT2D eigenvalue weighted by molar-refractivity contribution is 0.175. The molecule has 6 heteroatoms. The minimum absolute atomic E-state index is 0.233. The van der Waals surface area contributed by atoms with Crippen molar-refractivity contribution >= 4 is 0 Å². The highest BCUT2D eigenvalue weighted by Gasteiger charge is 2.31. The van der Waals surface area contributed by atoms with Gasteiger partial charge >= 0.3 is 0 Å². The Labute approximate surface area is 127 Å². The number of nitrogens with one attached hydrogen (secondary N) is 1. The number of hydrogen-bond donors (Lipinski definition) is 1. The number of methoxy groups -OCH3 is 1. The van der Waals surface area contributed by atoms with E-state index >= 15 is 0 Å². The Morgan fingerprint density at radius 2 is 2.38 bits per heavy atom. The molecule has 1 aromatic rings. The van der Waals surface area contributed by atoms with Crippen LogP contribution in [0.25, 0.3) is 0 Å². The molecule has 0 amide bonds. The summed E-state index contributed by atoms with van der Waals surface area (Å²) in [7, 11) is 5.87. The van der Waals surface area contributed by atoms with Gasteiger partial charge in [-0.1, -0.05) is 6.92 Å². The fourth-order valence-corrected chi connectivity index (χ4v) is 2.84. The van der Waals surface area contributed by atoms with Crippen molar-refractivity contribution in [3.63, 3.8) is 0 Å². The highest BCUT2D eigenvalue weighted by Crippen LogP contribution is 2.34. The second kappa shape index (κ2) is 7.77. The molecule has 0 bridgehead atoms. The molecule has 1 N–H and O–H groups in total. The first-order valence-electron chi connectivity index (χ1n) is 7.72. The fraction of sp³-hybridized carbons (Fsp3) is 0.800. The zero-order chi connectivity index (χ0) is 15.2. The Hall–Kier alpha value is -1.11. The maximum absolute atomic E-state index is 5.58. The van der Waals surface area contributed by atoms with Crippen molar-refractivity contribution in [2.24, 2.45) is 5.92 Å². The standard InChI is InChI=1S/C15H28N4O2/c1-5-16-14(12-6-9-21-11-12)15-13(20-4)10-17-19(15)8-7-18(2)3/h10,12,14,16H,5-9,11H2,1-4H3. The molecule has 2 unspecified atom stereocenters. The minimum Gasteiger partial charge on any atom is -0.493 e. The molecular formula is C15H28N4O2. The van der Waals surface area contributed by atoms with E-state index in [0.717, 1.165) is 50.7 Å². The summed E-state index contributed by atoms with van der Waals surface area (Å²) < 4.78 is 13.2. The fourth-order valence-electron chi connectivity index (χ4n) is 2.84. The van der Waals surface area contributed by atoms with E-state index < -0.39 is 0 Å². The van der Waals surface area contributed by atoms with E-state index in [1.165, 1.54) is 0 Å². The zero-order valence-corrected chi connectivity index (χ0v) is 13.6. The van der Waals surface area contributed by atoms with Gasteiger partial charge in [-0.15, -0.1) is 0 Å². The number of aromatic nitrogens is 2. The van der Waals surface area contributed by atoms with Gasteiger partial charge in [0.15, 0.2) is 5.75 Å². The van der Waals surface area contributed by atoms with Gasteiger partial charge in [0.25, 0.3) is 0 Å². The topological polar surface area (TPSA) is 51.5 Å². The lowest BCUT2D eigenvalue weighted by atomic mass is 9.95. The summed E-state index contributed by atoms with van der Waals surface area (Å²) in [6.07, 6.45) is 2.91. The molecule has 0 aliphatic carbocycles. The molecule has 1 fully saturated rings. The summed E-state index contributed by atoms with van der Waals surface area (Å²) in [5.74, 6) is 1.35. The van der Waals surface area contributed by atoms with Crippen LogP contribution >= 0.6 is 0 Å². The van der Waals surface area contributed by atoms with Gasteiger partial charge in [0, 0.05) is 19.1 Å².